The van der Waals surface area contributed by atoms with E-state index < -0.39 is 17.8 Å². The van der Waals surface area contributed by atoms with Gasteiger partial charge >= 0.3 is 0 Å². The van der Waals surface area contributed by atoms with E-state index in [1.807, 2.05) is 0 Å². The third-order valence-electron chi connectivity index (χ3n) is 3.75. The summed E-state index contributed by atoms with van der Waals surface area (Å²) in [5, 5.41) is 16.2. The Morgan fingerprint density at radius 3 is 2.29 bits per heavy atom. The van der Waals surface area contributed by atoms with Crippen molar-refractivity contribution < 1.29 is 23.9 Å². The summed E-state index contributed by atoms with van der Waals surface area (Å²) in [5.74, 6) is -2.30. The Morgan fingerprint density at radius 1 is 0.893 bits per heavy atom. The maximum atomic E-state index is 12.7. The largest absolute Gasteiger partial charge is 0.545 e. The molecule has 0 bridgehead atoms. The Balaban J connectivity index is 1.88. The highest BCUT2D eigenvalue weighted by Crippen LogP contribution is 2.16. The summed E-state index contributed by atoms with van der Waals surface area (Å²) >= 11 is 0. The van der Waals surface area contributed by atoms with Crippen molar-refractivity contribution in [1.29, 1.82) is 0 Å². The number of hydrogen-bond donors (Lipinski definition) is 2. The van der Waals surface area contributed by atoms with Gasteiger partial charge in [0.25, 0.3) is 11.8 Å². The van der Waals surface area contributed by atoms with Gasteiger partial charge < -0.3 is 25.0 Å². The molecule has 2 aromatic carbocycles. The highest BCUT2D eigenvalue weighted by atomic mass is 16.4. The number of amides is 2. The van der Waals surface area contributed by atoms with E-state index in [0.717, 1.165) is 0 Å². The van der Waals surface area contributed by atoms with Crippen LogP contribution in [0, 0.1) is 0 Å². The lowest BCUT2D eigenvalue weighted by atomic mass is 10.1. The van der Waals surface area contributed by atoms with Gasteiger partial charge in [-0.25, -0.2) is 0 Å². The Kier molecular flexibility index (Phi) is 5.66. The third kappa shape index (κ3) is 4.53. The quantitative estimate of drug-likeness (QED) is 0.641. The molecule has 2 N–H and O–H groups in total. The fourth-order valence-corrected chi connectivity index (χ4v) is 2.42. The molecule has 140 valence electrons. The second kappa shape index (κ2) is 8.50. The smallest absolute Gasteiger partial charge is 0.272 e. The van der Waals surface area contributed by atoms with Crippen LogP contribution in [0.3, 0.4) is 0 Å². The molecular weight excluding hydrogens is 360 g/mol. The molecule has 28 heavy (non-hydrogen) atoms. The summed E-state index contributed by atoms with van der Waals surface area (Å²) in [6, 6.07) is 17.4. The van der Waals surface area contributed by atoms with E-state index in [4.69, 9.17) is 4.42 Å². The van der Waals surface area contributed by atoms with Crippen molar-refractivity contribution >= 4 is 29.5 Å². The number of benzene rings is 2. The molecule has 0 aliphatic heterocycles. The molecule has 0 unspecified atom stereocenters. The monoisotopic (exact) mass is 375 g/mol. The number of nitrogens with one attached hydrogen (secondary N) is 2. The number of anilines is 1. The van der Waals surface area contributed by atoms with Crippen LogP contribution >= 0.6 is 0 Å². The van der Waals surface area contributed by atoms with Crippen LogP contribution in [-0.2, 0) is 4.79 Å². The first kappa shape index (κ1) is 18.7. The molecule has 0 saturated heterocycles. The molecule has 3 rings (SSSR count). The van der Waals surface area contributed by atoms with Crippen molar-refractivity contribution in [1.82, 2.24) is 5.32 Å². The normalized spacial score (nSPS) is 10.9. The number of carboxylic acids is 1. The number of hydrogen-bond acceptors (Lipinski definition) is 5. The second-order valence-electron chi connectivity index (χ2n) is 5.68. The van der Waals surface area contributed by atoms with Crippen LogP contribution < -0.4 is 15.7 Å². The topological polar surface area (TPSA) is 111 Å². The number of carbonyl (C=O) groups is 3. The highest BCUT2D eigenvalue weighted by molar-refractivity contribution is 6.12. The molecule has 3 aromatic rings. The Hall–Kier alpha value is -4.13. The van der Waals surface area contributed by atoms with Crippen LogP contribution in [0.2, 0.25) is 0 Å². The Bertz CT molecular complexity index is 1020. The number of furan rings is 1. The van der Waals surface area contributed by atoms with E-state index >= 15 is 0 Å². The summed E-state index contributed by atoms with van der Waals surface area (Å²) in [7, 11) is 0. The molecule has 7 nitrogen and oxygen atoms in total. The standard InChI is InChI=1S/C21H16N2O5/c24-19(14-7-2-1-3-8-14)23-18(13-15-9-6-12-28-15)20(25)22-17-11-5-4-10-16(17)21(26)27/h1-13H,(H,22,25)(H,23,24)(H,26,27)/p-1/b18-13+. The van der Waals surface area contributed by atoms with Crippen LogP contribution in [-0.4, -0.2) is 17.8 Å². The minimum absolute atomic E-state index is 0.0480. The molecule has 1 heterocycles. The summed E-state index contributed by atoms with van der Waals surface area (Å²) < 4.78 is 5.20. The predicted molar refractivity (Wildman–Crippen MR) is 100.0 cm³/mol. The van der Waals surface area contributed by atoms with Crippen molar-refractivity contribution in [2.45, 2.75) is 0 Å². The molecule has 1 aromatic heterocycles. The molecule has 0 spiro atoms. The molecule has 0 aliphatic rings. The van der Waals surface area contributed by atoms with Gasteiger partial charge in [0.2, 0.25) is 0 Å². The molecule has 0 aliphatic carbocycles. The Labute approximate surface area is 160 Å². The third-order valence-corrected chi connectivity index (χ3v) is 3.75. The van der Waals surface area contributed by atoms with Crippen LogP contribution in [0.4, 0.5) is 5.69 Å². The van der Waals surface area contributed by atoms with Crippen molar-refractivity contribution in [3.8, 4) is 0 Å². The lowest BCUT2D eigenvalue weighted by Crippen LogP contribution is -2.31. The molecular formula is C21H15N2O5-. The lowest BCUT2D eigenvalue weighted by molar-refractivity contribution is -0.254. The van der Waals surface area contributed by atoms with Crippen LogP contribution in [0.25, 0.3) is 6.08 Å². The fourth-order valence-electron chi connectivity index (χ4n) is 2.42. The molecule has 0 saturated carbocycles. The van der Waals surface area contributed by atoms with E-state index in [2.05, 4.69) is 10.6 Å². The van der Waals surface area contributed by atoms with Gasteiger partial charge in [0, 0.05) is 17.2 Å². The number of para-hydroxylation sites is 1. The predicted octanol–water partition coefficient (Wildman–Crippen LogP) is 2.05. The minimum atomic E-state index is -1.43. The van der Waals surface area contributed by atoms with Crippen molar-refractivity contribution in [2.75, 3.05) is 5.32 Å². The molecule has 2 amide bonds. The Morgan fingerprint density at radius 2 is 1.61 bits per heavy atom. The van der Waals surface area contributed by atoms with E-state index in [1.54, 1.807) is 48.5 Å². The van der Waals surface area contributed by atoms with Gasteiger partial charge in [0.05, 0.1) is 17.9 Å². The van der Waals surface area contributed by atoms with E-state index in [-0.39, 0.29) is 16.9 Å². The van der Waals surface area contributed by atoms with Gasteiger partial charge in [0.1, 0.15) is 11.5 Å². The van der Waals surface area contributed by atoms with Gasteiger partial charge in [-0.2, -0.15) is 0 Å². The van der Waals surface area contributed by atoms with Crippen molar-refractivity contribution in [3.63, 3.8) is 0 Å². The SMILES string of the molecule is O=C(Nc1ccccc1C(=O)[O-])/C(=C\c1ccco1)NC(=O)c1ccccc1. The van der Waals surface area contributed by atoms with Crippen LogP contribution in [0.15, 0.2) is 83.1 Å². The van der Waals surface area contributed by atoms with E-state index in [1.165, 1.54) is 30.5 Å². The van der Waals surface area contributed by atoms with Gasteiger partial charge in [-0.05, 0) is 30.3 Å². The first-order valence-electron chi connectivity index (χ1n) is 8.28. The number of carbonyl (C=O) groups excluding carboxylic acids is 3. The number of rotatable bonds is 6. The first-order chi connectivity index (χ1) is 13.5. The van der Waals surface area contributed by atoms with Crippen LogP contribution in [0.1, 0.15) is 26.5 Å². The summed E-state index contributed by atoms with van der Waals surface area (Å²) in [4.78, 5) is 36.4. The summed E-state index contributed by atoms with van der Waals surface area (Å²) in [6.45, 7) is 0. The number of carboxylic acid groups (broad SMARTS) is 1. The van der Waals surface area contributed by atoms with Crippen molar-refractivity contribution in [3.05, 3.63) is 95.6 Å². The first-order valence-corrected chi connectivity index (χ1v) is 8.28. The zero-order valence-electron chi connectivity index (χ0n) is 14.5. The highest BCUT2D eigenvalue weighted by Gasteiger charge is 2.16. The fraction of sp³-hybridized carbons (Fsp3) is 0. The van der Waals surface area contributed by atoms with Gasteiger partial charge in [-0.3, -0.25) is 9.59 Å². The second-order valence-corrected chi connectivity index (χ2v) is 5.68. The zero-order chi connectivity index (χ0) is 19.9. The maximum Gasteiger partial charge on any atom is 0.272 e. The average molecular weight is 375 g/mol. The van der Waals surface area contributed by atoms with Gasteiger partial charge in [-0.15, -0.1) is 0 Å². The molecule has 7 heteroatoms. The zero-order valence-corrected chi connectivity index (χ0v) is 14.5. The van der Waals surface area contributed by atoms with Crippen LogP contribution in [0.5, 0.6) is 0 Å². The summed E-state index contributed by atoms with van der Waals surface area (Å²) in [5.41, 5.74) is 0.113. The number of aromatic carboxylic acids is 1. The van der Waals surface area contributed by atoms with E-state index in [9.17, 15) is 19.5 Å². The minimum Gasteiger partial charge on any atom is -0.545 e. The molecule has 0 radical (unpaired) electrons. The average Bonchev–Trinajstić information content (AvgIpc) is 3.21. The molecule has 0 atom stereocenters. The molecule has 0 fully saturated rings. The maximum absolute atomic E-state index is 12.7. The van der Waals surface area contributed by atoms with E-state index in [0.29, 0.717) is 11.3 Å². The van der Waals surface area contributed by atoms with Crippen molar-refractivity contribution in [2.24, 2.45) is 0 Å². The summed E-state index contributed by atoms with van der Waals surface area (Å²) in [6.07, 6.45) is 2.77. The van der Waals surface area contributed by atoms with Gasteiger partial charge in [0.15, 0.2) is 0 Å². The lowest BCUT2D eigenvalue weighted by Gasteiger charge is -2.14. The van der Waals surface area contributed by atoms with Gasteiger partial charge in [-0.1, -0.05) is 36.4 Å².